The molecule has 0 spiro atoms. The van der Waals surface area contributed by atoms with Crippen LogP contribution in [0.2, 0.25) is 0 Å². The molecule has 0 heterocycles. The van der Waals surface area contributed by atoms with E-state index in [2.05, 4.69) is 45.0 Å². The Balaban J connectivity index is 2.30. The van der Waals surface area contributed by atoms with E-state index in [-0.39, 0.29) is 11.5 Å². The molecule has 1 aliphatic carbocycles. The molecule has 1 aliphatic rings. The molecule has 15 heavy (non-hydrogen) atoms. The van der Waals surface area contributed by atoms with Crippen LogP contribution in [-0.2, 0) is 12.8 Å². The Morgan fingerprint density at radius 2 is 1.60 bits per heavy atom. The van der Waals surface area contributed by atoms with Gasteiger partial charge in [-0.15, -0.1) is 0 Å². The lowest BCUT2D eigenvalue weighted by atomic mass is 9.69. The molecule has 2 rings (SSSR count). The summed E-state index contributed by atoms with van der Waals surface area (Å²) >= 11 is 0. The van der Waals surface area contributed by atoms with Crippen LogP contribution in [-0.4, -0.2) is 11.2 Å². The van der Waals surface area contributed by atoms with Crippen molar-refractivity contribution in [1.29, 1.82) is 0 Å². The monoisotopic (exact) mass is 204 g/mol. The van der Waals surface area contributed by atoms with E-state index in [1.165, 1.54) is 11.1 Å². The van der Waals surface area contributed by atoms with Gasteiger partial charge in [-0.25, -0.2) is 0 Å². The van der Waals surface area contributed by atoms with Crippen LogP contribution in [0.4, 0.5) is 0 Å². The summed E-state index contributed by atoms with van der Waals surface area (Å²) in [5, 5.41) is 10.2. The minimum Gasteiger partial charge on any atom is -0.392 e. The van der Waals surface area contributed by atoms with E-state index < -0.39 is 0 Å². The molecule has 0 saturated heterocycles. The van der Waals surface area contributed by atoms with Crippen molar-refractivity contribution in [2.45, 2.75) is 39.7 Å². The third kappa shape index (κ3) is 2.07. The number of fused-ring (bicyclic) bond motifs is 1. The van der Waals surface area contributed by atoms with E-state index >= 15 is 0 Å². The Bertz CT molecular complexity index is 349. The fraction of sp³-hybridized carbons (Fsp3) is 0.571. The molecule has 82 valence electrons. The lowest BCUT2D eigenvalue weighted by molar-refractivity contribution is 0.0359. The van der Waals surface area contributed by atoms with Crippen molar-refractivity contribution in [2.24, 2.45) is 11.3 Å². The maximum Gasteiger partial charge on any atom is 0.0616 e. The summed E-state index contributed by atoms with van der Waals surface area (Å²) in [6.07, 6.45) is 1.65. The zero-order chi connectivity index (χ0) is 11.1. The van der Waals surface area contributed by atoms with Crippen LogP contribution >= 0.6 is 0 Å². The molecule has 0 radical (unpaired) electrons. The van der Waals surface area contributed by atoms with Crippen LogP contribution in [0.3, 0.4) is 0 Å². The standard InChI is InChI=1S/C14H20O/c1-14(2,3)12-8-10-6-4-5-7-11(10)9-13(12)15/h4-7,12-13,15H,8-9H2,1-3H3. The van der Waals surface area contributed by atoms with Gasteiger partial charge in [0.1, 0.15) is 0 Å². The maximum atomic E-state index is 10.2. The van der Waals surface area contributed by atoms with Gasteiger partial charge in [-0.1, -0.05) is 45.0 Å². The molecule has 1 aromatic rings. The number of benzene rings is 1. The molecule has 2 unspecified atom stereocenters. The second kappa shape index (κ2) is 3.64. The van der Waals surface area contributed by atoms with Crippen molar-refractivity contribution in [3.8, 4) is 0 Å². The number of rotatable bonds is 0. The van der Waals surface area contributed by atoms with Crippen LogP contribution in [0.1, 0.15) is 31.9 Å². The van der Waals surface area contributed by atoms with Crippen molar-refractivity contribution >= 4 is 0 Å². The quantitative estimate of drug-likeness (QED) is 0.689. The average Bonchev–Trinajstić information content (AvgIpc) is 2.15. The van der Waals surface area contributed by atoms with E-state index in [0.29, 0.717) is 5.92 Å². The van der Waals surface area contributed by atoms with Crippen molar-refractivity contribution < 1.29 is 5.11 Å². The Hall–Kier alpha value is -0.820. The van der Waals surface area contributed by atoms with Gasteiger partial charge >= 0.3 is 0 Å². The molecule has 0 aromatic heterocycles. The van der Waals surface area contributed by atoms with Crippen LogP contribution < -0.4 is 0 Å². The molecule has 0 amide bonds. The third-order valence-electron chi connectivity index (χ3n) is 3.56. The highest BCUT2D eigenvalue weighted by atomic mass is 16.3. The first kappa shape index (κ1) is 10.7. The third-order valence-corrected chi connectivity index (χ3v) is 3.56. The molecule has 1 nitrogen and oxygen atoms in total. The Kier molecular flexibility index (Phi) is 2.59. The Morgan fingerprint density at radius 1 is 1.07 bits per heavy atom. The van der Waals surface area contributed by atoms with E-state index in [9.17, 15) is 5.11 Å². The maximum absolute atomic E-state index is 10.2. The first-order valence-electron chi connectivity index (χ1n) is 5.73. The van der Waals surface area contributed by atoms with E-state index in [1.807, 2.05) is 0 Å². The lowest BCUT2D eigenvalue weighted by Gasteiger charge is -2.38. The summed E-state index contributed by atoms with van der Waals surface area (Å²) in [7, 11) is 0. The van der Waals surface area contributed by atoms with Crippen molar-refractivity contribution in [3.63, 3.8) is 0 Å². The second-order valence-electron chi connectivity index (χ2n) is 5.72. The SMILES string of the molecule is CC(C)(C)C1Cc2ccccc2CC1O. The minimum absolute atomic E-state index is 0.181. The topological polar surface area (TPSA) is 20.2 Å². The van der Waals surface area contributed by atoms with Gasteiger partial charge in [-0.2, -0.15) is 0 Å². The number of aliphatic hydroxyl groups excluding tert-OH is 1. The minimum atomic E-state index is -0.181. The smallest absolute Gasteiger partial charge is 0.0616 e. The van der Waals surface area contributed by atoms with Crippen molar-refractivity contribution in [2.75, 3.05) is 0 Å². The summed E-state index contributed by atoms with van der Waals surface area (Å²) in [4.78, 5) is 0. The molecule has 0 fully saturated rings. The lowest BCUT2D eigenvalue weighted by Crippen LogP contribution is -2.38. The van der Waals surface area contributed by atoms with Crippen LogP contribution in [0.5, 0.6) is 0 Å². The van der Waals surface area contributed by atoms with Crippen LogP contribution in [0.25, 0.3) is 0 Å². The molecule has 0 aliphatic heterocycles. The highest BCUT2D eigenvalue weighted by Gasteiger charge is 2.34. The molecular weight excluding hydrogens is 184 g/mol. The molecular formula is C14H20O. The molecule has 1 N–H and O–H groups in total. The Morgan fingerprint density at radius 3 is 2.13 bits per heavy atom. The van der Waals surface area contributed by atoms with E-state index in [4.69, 9.17) is 0 Å². The van der Waals surface area contributed by atoms with Crippen LogP contribution in [0, 0.1) is 11.3 Å². The fourth-order valence-corrected chi connectivity index (χ4v) is 2.58. The van der Waals surface area contributed by atoms with Gasteiger partial charge < -0.3 is 5.11 Å². The number of hydrogen-bond donors (Lipinski definition) is 1. The average molecular weight is 204 g/mol. The molecule has 2 atom stereocenters. The van der Waals surface area contributed by atoms with Crippen molar-refractivity contribution in [1.82, 2.24) is 0 Å². The first-order chi connectivity index (χ1) is 6.98. The number of hydrogen-bond acceptors (Lipinski definition) is 1. The summed E-state index contributed by atoms with van der Waals surface area (Å²) in [6, 6.07) is 8.48. The zero-order valence-corrected chi connectivity index (χ0v) is 9.83. The highest BCUT2D eigenvalue weighted by Crippen LogP contribution is 2.37. The van der Waals surface area contributed by atoms with Gasteiger partial charge in [0.05, 0.1) is 6.10 Å². The molecule has 0 bridgehead atoms. The molecule has 0 saturated carbocycles. The molecule has 1 heteroatoms. The summed E-state index contributed by atoms with van der Waals surface area (Å²) in [5.41, 5.74) is 2.93. The van der Waals surface area contributed by atoms with Gasteiger partial charge in [0.15, 0.2) is 0 Å². The largest absolute Gasteiger partial charge is 0.392 e. The second-order valence-corrected chi connectivity index (χ2v) is 5.72. The van der Waals surface area contributed by atoms with Crippen molar-refractivity contribution in [3.05, 3.63) is 35.4 Å². The van der Waals surface area contributed by atoms with E-state index in [1.54, 1.807) is 0 Å². The normalized spacial score (nSPS) is 26.1. The van der Waals surface area contributed by atoms with Gasteiger partial charge in [0, 0.05) is 0 Å². The fourth-order valence-electron chi connectivity index (χ4n) is 2.58. The van der Waals surface area contributed by atoms with E-state index in [0.717, 1.165) is 12.8 Å². The number of aliphatic hydroxyl groups is 1. The van der Waals surface area contributed by atoms with Gasteiger partial charge in [0.25, 0.3) is 0 Å². The summed E-state index contributed by atoms with van der Waals surface area (Å²) < 4.78 is 0. The zero-order valence-electron chi connectivity index (χ0n) is 9.83. The summed E-state index contributed by atoms with van der Waals surface area (Å²) in [5.74, 6) is 0.382. The first-order valence-corrected chi connectivity index (χ1v) is 5.73. The summed E-state index contributed by atoms with van der Waals surface area (Å²) in [6.45, 7) is 6.65. The van der Waals surface area contributed by atoms with Gasteiger partial charge in [-0.05, 0) is 35.3 Å². The highest BCUT2D eigenvalue weighted by molar-refractivity contribution is 5.31. The van der Waals surface area contributed by atoms with Gasteiger partial charge in [0.2, 0.25) is 0 Å². The van der Waals surface area contributed by atoms with Crippen LogP contribution in [0.15, 0.2) is 24.3 Å². The predicted molar refractivity (Wildman–Crippen MR) is 62.8 cm³/mol. The predicted octanol–water partition coefficient (Wildman–Crippen LogP) is 2.81. The Labute approximate surface area is 92.1 Å². The molecule has 1 aromatic carbocycles. The van der Waals surface area contributed by atoms with Gasteiger partial charge in [-0.3, -0.25) is 0 Å².